The van der Waals surface area contributed by atoms with Crippen LogP contribution in [0.1, 0.15) is 27.2 Å². The molecule has 0 aromatic heterocycles. The van der Waals surface area contributed by atoms with E-state index in [4.69, 9.17) is 19.3 Å². The smallest absolute Gasteiger partial charge is 0.333 e. The van der Waals surface area contributed by atoms with Gasteiger partial charge < -0.3 is 19.3 Å². The molecule has 7 nitrogen and oxygen atoms in total. The number of rotatable bonds is 9. The van der Waals surface area contributed by atoms with Gasteiger partial charge >= 0.3 is 17.9 Å². The van der Waals surface area contributed by atoms with Gasteiger partial charge in [-0.3, -0.25) is 4.79 Å². The van der Waals surface area contributed by atoms with Gasteiger partial charge in [0.25, 0.3) is 0 Å². The Bertz CT molecular complexity index is 437. The van der Waals surface area contributed by atoms with Crippen molar-refractivity contribution in [1.29, 1.82) is 0 Å². The van der Waals surface area contributed by atoms with Crippen molar-refractivity contribution < 1.29 is 33.7 Å². The van der Waals surface area contributed by atoms with E-state index in [9.17, 15) is 14.4 Å². The number of esters is 2. The van der Waals surface area contributed by atoms with Crippen LogP contribution in [-0.2, 0) is 28.6 Å². The first-order valence-corrected chi connectivity index (χ1v) is 6.31. The summed E-state index contributed by atoms with van der Waals surface area (Å²) in [7, 11) is 0. The summed E-state index contributed by atoms with van der Waals surface area (Å²) in [4.78, 5) is 33.0. The summed E-state index contributed by atoms with van der Waals surface area (Å²) in [5, 5.41) is 8.67. The van der Waals surface area contributed by atoms with E-state index in [-0.39, 0.29) is 30.8 Å². The van der Waals surface area contributed by atoms with Crippen molar-refractivity contribution >= 4 is 17.9 Å². The number of ether oxygens (including phenoxy) is 3. The molecule has 0 rings (SSSR count). The van der Waals surface area contributed by atoms with Crippen LogP contribution in [0.4, 0.5) is 0 Å². The predicted octanol–water partition coefficient (Wildman–Crippen LogP) is 1.43. The Morgan fingerprint density at radius 1 is 1.29 bits per heavy atom. The molecule has 0 amide bonds. The zero-order valence-electron chi connectivity index (χ0n) is 12.4. The van der Waals surface area contributed by atoms with Crippen molar-refractivity contribution in [2.45, 2.75) is 33.5 Å². The number of carbonyl (C=O) groups is 3. The van der Waals surface area contributed by atoms with Gasteiger partial charge in [-0.05, 0) is 20.3 Å². The minimum atomic E-state index is -1.07. The average molecular weight is 300 g/mol. The Balaban J connectivity index is 4.33. The first-order valence-electron chi connectivity index (χ1n) is 6.31. The number of carboxylic acids is 1. The Hall–Kier alpha value is -2.15. The van der Waals surface area contributed by atoms with E-state index in [0.717, 1.165) is 0 Å². The van der Waals surface area contributed by atoms with Crippen LogP contribution in [0.25, 0.3) is 0 Å². The molecule has 1 N–H and O–H groups in total. The normalized spacial score (nSPS) is 12.4. The highest BCUT2D eigenvalue weighted by atomic mass is 16.7. The maximum absolute atomic E-state index is 11.6. The maximum atomic E-state index is 11.6. The van der Waals surface area contributed by atoms with E-state index in [1.165, 1.54) is 19.9 Å². The first-order chi connectivity index (χ1) is 9.77. The molecule has 0 radical (unpaired) electrons. The second kappa shape index (κ2) is 9.71. The number of hydrogen-bond donors (Lipinski definition) is 1. The van der Waals surface area contributed by atoms with Gasteiger partial charge in [-0.2, -0.15) is 0 Å². The molecule has 0 fully saturated rings. The minimum Gasteiger partial charge on any atom is -0.478 e. The molecule has 0 aromatic rings. The van der Waals surface area contributed by atoms with Gasteiger partial charge in [0.2, 0.25) is 6.29 Å². The van der Waals surface area contributed by atoms with Crippen LogP contribution in [0.3, 0.4) is 0 Å². The van der Waals surface area contributed by atoms with Gasteiger partial charge in [-0.1, -0.05) is 12.7 Å². The zero-order chi connectivity index (χ0) is 16.4. The summed E-state index contributed by atoms with van der Waals surface area (Å²) in [6.45, 7) is 7.87. The molecule has 0 spiro atoms. The summed E-state index contributed by atoms with van der Waals surface area (Å²) < 4.78 is 14.8. The summed E-state index contributed by atoms with van der Waals surface area (Å²) >= 11 is 0. The van der Waals surface area contributed by atoms with Crippen LogP contribution in [0.2, 0.25) is 0 Å². The fourth-order valence-corrected chi connectivity index (χ4v) is 1.18. The highest BCUT2D eigenvalue weighted by Gasteiger charge is 2.16. The van der Waals surface area contributed by atoms with Gasteiger partial charge in [-0.25, -0.2) is 9.59 Å². The molecular weight excluding hydrogens is 280 g/mol. The molecule has 118 valence electrons. The van der Waals surface area contributed by atoms with E-state index in [1.807, 2.05) is 0 Å². The number of aliphatic carboxylic acids is 1. The van der Waals surface area contributed by atoms with Crippen molar-refractivity contribution in [2.24, 2.45) is 0 Å². The Morgan fingerprint density at radius 2 is 1.90 bits per heavy atom. The average Bonchev–Trinajstić information content (AvgIpc) is 2.40. The quantitative estimate of drug-likeness (QED) is 0.390. The van der Waals surface area contributed by atoms with Crippen LogP contribution >= 0.6 is 0 Å². The van der Waals surface area contributed by atoms with Crippen molar-refractivity contribution in [3.05, 3.63) is 23.8 Å². The topological polar surface area (TPSA) is 99.1 Å². The van der Waals surface area contributed by atoms with Crippen LogP contribution < -0.4 is 0 Å². The molecule has 0 aromatic carbocycles. The molecule has 0 aliphatic carbocycles. The summed E-state index contributed by atoms with van der Waals surface area (Å²) in [5.74, 6) is -2.33. The lowest BCUT2D eigenvalue weighted by atomic mass is 10.1. The molecule has 7 heteroatoms. The third-order valence-corrected chi connectivity index (χ3v) is 2.28. The van der Waals surface area contributed by atoms with E-state index in [0.29, 0.717) is 0 Å². The molecule has 0 saturated carbocycles. The number of carbonyl (C=O) groups excluding carboxylic acids is 2. The van der Waals surface area contributed by atoms with Gasteiger partial charge in [0.1, 0.15) is 0 Å². The lowest BCUT2D eigenvalue weighted by molar-refractivity contribution is -0.190. The van der Waals surface area contributed by atoms with Crippen LogP contribution in [-0.4, -0.2) is 42.5 Å². The SMILES string of the molecule is C=C(CC=C(C)C(=O)O)C(=O)OCC(OCC)OC(C)=O. The second-order valence-electron chi connectivity index (χ2n) is 4.09. The Kier molecular flexibility index (Phi) is 8.71. The summed E-state index contributed by atoms with van der Waals surface area (Å²) in [6.07, 6.45) is 0.447. The van der Waals surface area contributed by atoms with Crippen molar-refractivity contribution in [1.82, 2.24) is 0 Å². The van der Waals surface area contributed by atoms with E-state index in [1.54, 1.807) is 6.92 Å². The van der Waals surface area contributed by atoms with Crippen molar-refractivity contribution in [3.8, 4) is 0 Å². The highest BCUT2D eigenvalue weighted by molar-refractivity contribution is 5.89. The summed E-state index contributed by atoms with van der Waals surface area (Å²) in [6, 6.07) is 0. The molecule has 21 heavy (non-hydrogen) atoms. The van der Waals surface area contributed by atoms with Gasteiger partial charge in [0, 0.05) is 24.7 Å². The Labute approximate surface area is 123 Å². The molecule has 0 bridgehead atoms. The number of allylic oxidation sites excluding steroid dienone is 1. The fraction of sp³-hybridized carbons (Fsp3) is 0.500. The first kappa shape index (κ1) is 18.9. The van der Waals surface area contributed by atoms with Crippen molar-refractivity contribution in [3.63, 3.8) is 0 Å². The zero-order valence-corrected chi connectivity index (χ0v) is 12.4. The third kappa shape index (κ3) is 8.59. The molecule has 0 heterocycles. The third-order valence-electron chi connectivity index (χ3n) is 2.28. The lowest BCUT2D eigenvalue weighted by Crippen LogP contribution is -2.27. The number of hydrogen-bond acceptors (Lipinski definition) is 6. The largest absolute Gasteiger partial charge is 0.478 e. The Morgan fingerprint density at radius 3 is 2.38 bits per heavy atom. The maximum Gasteiger partial charge on any atom is 0.333 e. The highest BCUT2D eigenvalue weighted by Crippen LogP contribution is 2.07. The van der Waals surface area contributed by atoms with E-state index < -0.39 is 24.2 Å². The van der Waals surface area contributed by atoms with Crippen LogP contribution in [0, 0.1) is 0 Å². The summed E-state index contributed by atoms with van der Waals surface area (Å²) in [5.41, 5.74) is 0.199. The predicted molar refractivity (Wildman–Crippen MR) is 73.3 cm³/mol. The molecule has 0 saturated heterocycles. The molecular formula is C14H20O7. The van der Waals surface area contributed by atoms with Gasteiger partial charge in [-0.15, -0.1) is 0 Å². The van der Waals surface area contributed by atoms with Crippen LogP contribution in [0.5, 0.6) is 0 Å². The molecule has 1 unspecified atom stereocenters. The standard InChI is InChI=1S/C14H20O7/c1-5-19-12(21-11(4)15)8-20-14(18)10(3)7-6-9(2)13(16)17/h6,12H,3,5,7-8H2,1-2,4H3,(H,16,17). The monoisotopic (exact) mass is 300 g/mol. The van der Waals surface area contributed by atoms with E-state index in [2.05, 4.69) is 6.58 Å². The second-order valence-corrected chi connectivity index (χ2v) is 4.09. The minimum absolute atomic E-state index is 0.0594. The van der Waals surface area contributed by atoms with Gasteiger partial charge in [0.05, 0.1) is 0 Å². The molecule has 0 aliphatic rings. The molecule has 1 atom stereocenters. The van der Waals surface area contributed by atoms with E-state index >= 15 is 0 Å². The van der Waals surface area contributed by atoms with Crippen LogP contribution in [0.15, 0.2) is 23.8 Å². The lowest BCUT2D eigenvalue weighted by Gasteiger charge is -2.16. The number of carboxylic acid groups (broad SMARTS) is 1. The molecule has 0 aliphatic heterocycles. The van der Waals surface area contributed by atoms with Crippen molar-refractivity contribution in [2.75, 3.05) is 13.2 Å². The fourth-order valence-electron chi connectivity index (χ4n) is 1.18. The van der Waals surface area contributed by atoms with Gasteiger partial charge in [0.15, 0.2) is 6.61 Å².